The number of hydrogen-bond donors (Lipinski definition) is 1. The molecule has 16 heavy (non-hydrogen) atoms. The van der Waals surface area contributed by atoms with Crippen LogP contribution in [0, 0.1) is 6.92 Å². The van der Waals surface area contributed by atoms with Crippen LogP contribution in [-0.4, -0.2) is 12.1 Å². The van der Waals surface area contributed by atoms with Crippen molar-refractivity contribution in [2.75, 3.05) is 0 Å². The Morgan fingerprint density at radius 3 is 2.62 bits per heavy atom. The Labute approximate surface area is 98.6 Å². The molecule has 0 aliphatic carbocycles. The summed E-state index contributed by atoms with van der Waals surface area (Å²) in [6, 6.07) is 9.91. The Kier molecular flexibility index (Phi) is 3.79. The summed E-state index contributed by atoms with van der Waals surface area (Å²) in [5.74, 6) is 0. The van der Waals surface area contributed by atoms with Gasteiger partial charge in [-0.05, 0) is 32.3 Å². The molecule has 1 aromatic rings. The van der Waals surface area contributed by atoms with E-state index in [1.165, 1.54) is 30.4 Å². The van der Waals surface area contributed by atoms with Gasteiger partial charge >= 0.3 is 0 Å². The predicted octanol–water partition coefficient (Wildman–Crippen LogP) is 3.54. The van der Waals surface area contributed by atoms with Gasteiger partial charge in [0.25, 0.3) is 0 Å². The quantitative estimate of drug-likeness (QED) is 0.795. The monoisotopic (exact) mass is 215 g/mol. The number of benzene rings is 1. The normalized spacial score (nSPS) is 26.1. The summed E-state index contributed by atoms with van der Waals surface area (Å²) in [5, 5.41) is 3.61. The maximum Gasteiger partial charge on any atom is 0.0255 e. The van der Waals surface area contributed by atoms with E-state index < -0.39 is 0 Å². The maximum absolute atomic E-state index is 3.61. The van der Waals surface area contributed by atoms with Crippen molar-refractivity contribution < 1.29 is 0 Å². The van der Waals surface area contributed by atoms with Crippen LogP contribution in [0.15, 0.2) is 30.3 Å². The van der Waals surface area contributed by atoms with E-state index in [0.29, 0.717) is 12.1 Å². The van der Waals surface area contributed by atoms with Crippen LogP contribution in [0.4, 0.5) is 0 Å². The van der Waals surface area contributed by atoms with E-state index in [1.54, 1.807) is 0 Å². The standard InChI is InChI=1S/C15H21N/c1-12-6-8-14(9-7-12)10-11-15-5-3-4-13(2)16-15/h6-11,13,15-16H,3-5H2,1-2H3/b11-10+. The summed E-state index contributed by atoms with van der Waals surface area (Å²) in [5.41, 5.74) is 2.62. The second-order valence-corrected chi connectivity index (χ2v) is 4.87. The molecule has 2 unspecified atom stereocenters. The lowest BCUT2D eigenvalue weighted by Gasteiger charge is -2.26. The summed E-state index contributed by atoms with van der Waals surface area (Å²) in [6.07, 6.45) is 8.47. The van der Waals surface area contributed by atoms with Crippen molar-refractivity contribution in [1.29, 1.82) is 0 Å². The van der Waals surface area contributed by atoms with Gasteiger partial charge in [-0.2, -0.15) is 0 Å². The molecular weight excluding hydrogens is 194 g/mol. The molecule has 0 radical (unpaired) electrons. The molecule has 0 spiro atoms. The second kappa shape index (κ2) is 5.31. The van der Waals surface area contributed by atoms with Crippen LogP contribution in [0.25, 0.3) is 6.08 Å². The van der Waals surface area contributed by atoms with E-state index in [1.807, 2.05) is 0 Å². The highest BCUT2D eigenvalue weighted by Crippen LogP contribution is 2.14. The SMILES string of the molecule is Cc1ccc(/C=C/C2CCCC(C)N2)cc1. The van der Waals surface area contributed by atoms with Gasteiger partial charge in [0.2, 0.25) is 0 Å². The van der Waals surface area contributed by atoms with Crippen molar-refractivity contribution in [2.45, 2.75) is 45.2 Å². The van der Waals surface area contributed by atoms with Gasteiger partial charge in [0.1, 0.15) is 0 Å². The van der Waals surface area contributed by atoms with E-state index in [9.17, 15) is 0 Å². The fourth-order valence-corrected chi connectivity index (χ4v) is 2.23. The van der Waals surface area contributed by atoms with Gasteiger partial charge in [-0.1, -0.05) is 48.4 Å². The number of hydrogen-bond acceptors (Lipinski definition) is 1. The van der Waals surface area contributed by atoms with Gasteiger partial charge < -0.3 is 5.32 Å². The van der Waals surface area contributed by atoms with Crippen LogP contribution in [0.3, 0.4) is 0 Å². The predicted molar refractivity (Wildman–Crippen MR) is 70.4 cm³/mol. The molecule has 86 valence electrons. The molecule has 1 aliphatic rings. The van der Waals surface area contributed by atoms with E-state index in [-0.39, 0.29) is 0 Å². The molecule has 1 fully saturated rings. The molecular formula is C15H21N. The van der Waals surface area contributed by atoms with Crippen molar-refractivity contribution in [3.63, 3.8) is 0 Å². The average molecular weight is 215 g/mol. The summed E-state index contributed by atoms with van der Waals surface area (Å²) >= 11 is 0. The maximum atomic E-state index is 3.61. The molecule has 1 N–H and O–H groups in total. The van der Waals surface area contributed by atoms with Crippen LogP contribution < -0.4 is 5.32 Å². The summed E-state index contributed by atoms with van der Waals surface area (Å²) < 4.78 is 0. The number of aryl methyl sites for hydroxylation is 1. The second-order valence-electron chi connectivity index (χ2n) is 4.87. The Bertz CT molecular complexity index is 350. The van der Waals surface area contributed by atoms with Crippen molar-refractivity contribution in [1.82, 2.24) is 5.32 Å². The molecule has 2 atom stereocenters. The smallest absolute Gasteiger partial charge is 0.0255 e. The van der Waals surface area contributed by atoms with Crippen molar-refractivity contribution in [2.24, 2.45) is 0 Å². The molecule has 1 aromatic carbocycles. The molecule has 1 aliphatic heterocycles. The van der Waals surface area contributed by atoms with E-state index >= 15 is 0 Å². The molecule has 1 heterocycles. The molecule has 0 bridgehead atoms. The number of rotatable bonds is 2. The fourth-order valence-electron chi connectivity index (χ4n) is 2.23. The lowest BCUT2D eigenvalue weighted by Crippen LogP contribution is -2.39. The van der Waals surface area contributed by atoms with Crippen LogP contribution in [-0.2, 0) is 0 Å². The van der Waals surface area contributed by atoms with E-state index in [4.69, 9.17) is 0 Å². The van der Waals surface area contributed by atoms with Crippen molar-refractivity contribution >= 4 is 6.08 Å². The Balaban J connectivity index is 1.95. The summed E-state index contributed by atoms with van der Waals surface area (Å²) in [7, 11) is 0. The first-order chi connectivity index (χ1) is 7.74. The summed E-state index contributed by atoms with van der Waals surface area (Å²) in [4.78, 5) is 0. The van der Waals surface area contributed by atoms with Crippen LogP contribution in [0.1, 0.15) is 37.3 Å². The number of piperidine rings is 1. The lowest BCUT2D eigenvalue weighted by molar-refractivity contribution is 0.375. The highest BCUT2D eigenvalue weighted by atomic mass is 14.9. The lowest BCUT2D eigenvalue weighted by atomic mass is 9.99. The van der Waals surface area contributed by atoms with Gasteiger partial charge in [-0.25, -0.2) is 0 Å². The van der Waals surface area contributed by atoms with Crippen LogP contribution in [0.2, 0.25) is 0 Å². The highest BCUT2D eigenvalue weighted by molar-refractivity contribution is 5.50. The third-order valence-electron chi connectivity index (χ3n) is 3.25. The van der Waals surface area contributed by atoms with E-state index in [2.05, 4.69) is 55.6 Å². The van der Waals surface area contributed by atoms with Crippen molar-refractivity contribution in [3.8, 4) is 0 Å². The van der Waals surface area contributed by atoms with Crippen LogP contribution >= 0.6 is 0 Å². The van der Waals surface area contributed by atoms with Gasteiger partial charge in [0.15, 0.2) is 0 Å². The zero-order valence-corrected chi connectivity index (χ0v) is 10.2. The van der Waals surface area contributed by atoms with E-state index in [0.717, 1.165) is 0 Å². The zero-order chi connectivity index (χ0) is 11.4. The minimum absolute atomic E-state index is 0.560. The van der Waals surface area contributed by atoms with Crippen molar-refractivity contribution in [3.05, 3.63) is 41.5 Å². The molecule has 0 aromatic heterocycles. The topological polar surface area (TPSA) is 12.0 Å². The Morgan fingerprint density at radius 1 is 1.19 bits per heavy atom. The molecule has 2 rings (SSSR count). The molecule has 1 heteroatoms. The molecule has 1 nitrogen and oxygen atoms in total. The minimum atomic E-state index is 0.560. The van der Waals surface area contributed by atoms with Gasteiger partial charge in [0, 0.05) is 12.1 Å². The average Bonchev–Trinajstić information content (AvgIpc) is 2.28. The third kappa shape index (κ3) is 3.21. The third-order valence-corrected chi connectivity index (χ3v) is 3.25. The Morgan fingerprint density at radius 2 is 1.94 bits per heavy atom. The molecule has 0 amide bonds. The molecule has 0 saturated carbocycles. The largest absolute Gasteiger partial charge is 0.308 e. The minimum Gasteiger partial charge on any atom is -0.308 e. The van der Waals surface area contributed by atoms with Gasteiger partial charge in [-0.3, -0.25) is 0 Å². The summed E-state index contributed by atoms with van der Waals surface area (Å²) in [6.45, 7) is 4.39. The first-order valence-electron chi connectivity index (χ1n) is 6.25. The van der Waals surface area contributed by atoms with Crippen LogP contribution in [0.5, 0.6) is 0 Å². The Hall–Kier alpha value is -1.08. The van der Waals surface area contributed by atoms with Gasteiger partial charge in [0.05, 0.1) is 0 Å². The van der Waals surface area contributed by atoms with Gasteiger partial charge in [-0.15, -0.1) is 0 Å². The first kappa shape index (κ1) is 11.4. The highest BCUT2D eigenvalue weighted by Gasteiger charge is 2.14. The first-order valence-corrected chi connectivity index (χ1v) is 6.25. The zero-order valence-electron chi connectivity index (χ0n) is 10.2. The number of nitrogens with one attached hydrogen (secondary N) is 1. The molecule has 1 saturated heterocycles. The fraction of sp³-hybridized carbons (Fsp3) is 0.467.